The highest BCUT2D eigenvalue weighted by Crippen LogP contribution is 2.10. The molecule has 1 aliphatic rings. The van der Waals surface area contributed by atoms with Gasteiger partial charge in [0.2, 0.25) is 5.91 Å². The van der Waals surface area contributed by atoms with Crippen LogP contribution in [0.2, 0.25) is 0 Å². The molecule has 126 valence electrons. The Kier molecular flexibility index (Phi) is 17.7. The minimum Gasteiger partial charge on any atom is -0.356 e. The number of nitrogens with one attached hydrogen (secondary N) is 1. The third-order valence-corrected chi connectivity index (χ3v) is 4.23. The van der Waals surface area contributed by atoms with E-state index in [1.807, 2.05) is 0 Å². The number of hydrogen-bond donors (Lipinski definition) is 2. The molecule has 0 unspecified atom stereocenters. The second-order valence-corrected chi connectivity index (χ2v) is 6.51. The molecular weight excluding hydrogens is 278 g/mol. The first kappa shape index (κ1) is 20.8. The van der Waals surface area contributed by atoms with Gasteiger partial charge in [-0.1, -0.05) is 71.1 Å². The van der Waals surface area contributed by atoms with Crippen molar-refractivity contribution >= 4 is 18.5 Å². The molecule has 1 saturated heterocycles. The van der Waals surface area contributed by atoms with Gasteiger partial charge in [-0.05, 0) is 25.0 Å². The quantitative estimate of drug-likeness (QED) is 0.404. The molecule has 0 radical (unpaired) electrons. The molecule has 1 N–H and O–H groups in total. The van der Waals surface area contributed by atoms with Crippen molar-refractivity contribution in [3.05, 3.63) is 0 Å². The van der Waals surface area contributed by atoms with E-state index >= 15 is 0 Å². The summed E-state index contributed by atoms with van der Waals surface area (Å²) in [4.78, 5) is 10.6. The van der Waals surface area contributed by atoms with Crippen LogP contribution in [0.5, 0.6) is 0 Å². The van der Waals surface area contributed by atoms with Crippen LogP contribution in [0.15, 0.2) is 0 Å². The van der Waals surface area contributed by atoms with Gasteiger partial charge in [0, 0.05) is 13.0 Å². The fraction of sp³-hybridized carbons (Fsp3) is 0.944. The van der Waals surface area contributed by atoms with Gasteiger partial charge in [-0.25, -0.2) is 0 Å². The Morgan fingerprint density at radius 2 is 1.43 bits per heavy atom. The van der Waals surface area contributed by atoms with Gasteiger partial charge >= 0.3 is 0 Å². The average molecular weight is 316 g/mol. The van der Waals surface area contributed by atoms with Crippen LogP contribution in [0.4, 0.5) is 0 Å². The Bertz CT molecular complexity index is 201. The van der Waals surface area contributed by atoms with Crippen LogP contribution in [0.25, 0.3) is 0 Å². The van der Waals surface area contributed by atoms with Crippen LogP contribution in [-0.2, 0) is 4.79 Å². The largest absolute Gasteiger partial charge is 0.356 e. The van der Waals surface area contributed by atoms with Crippen molar-refractivity contribution < 1.29 is 4.79 Å². The van der Waals surface area contributed by atoms with Crippen molar-refractivity contribution in [2.24, 2.45) is 0 Å². The summed E-state index contributed by atoms with van der Waals surface area (Å²) in [5.41, 5.74) is 0. The zero-order chi connectivity index (χ0) is 15.6. The van der Waals surface area contributed by atoms with Gasteiger partial charge in [-0.2, -0.15) is 12.6 Å². The number of rotatable bonds is 10. The summed E-state index contributed by atoms with van der Waals surface area (Å²) in [6.07, 6.45) is 18.4. The molecule has 2 nitrogen and oxygen atoms in total. The van der Waals surface area contributed by atoms with E-state index in [1.165, 1.54) is 70.6 Å². The molecule has 0 bridgehead atoms. The molecule has 0 aromatic heterocycles. The Labute approximate surface area is 138 Å². The summed E-state index contributed by atoms with van der Waals surface area (Å²) in [5, 5.41) is 2.81. The maximum Gasteiger partial charge on any atom is 0.219 e. The van der Waals surface area contributed by atoms with Crippen molar-refractivity contribution in [3.63, 3.8) is 0 Å². The Morgan fingerprint density at radius 1 is 0.857 bits per heavy atom. The maximum atomic E-state index is 10.6. The molecule has 3 heteroatoms. The van der Waals surface area contributed by atoms with Crippen molar-refractivity contribution in [1.82, 2.24) is 5.32 Å². The van der Waals surface area contributed by atoms with E-state index in [0.29, 0.717) is 0 Å². The Balaban J connectivity index is 0.000000423. The summed E-state index contributed by atoms with van der Waals surface area (Å²) in [6.45, 7) is 3.16. The van der Waals surface area contributed by atoms with E-state index < -0.39 is 0 Å². The van der Waals surface area contributed by atoms with Gasteiger partial charge in [-0.15, -0.1) is 0 Å². The van der Waals surface area contributed by atoms with Crippen LogP contribution >= 0.6 is 12.6 Å². The molecule has 1 amide bonds. The van der Waals surface area contributed by atoms with Crippen molar-refractivity contribution in [1.29, 1.82) is 0 Å². The van der Waals surface area contributed by atoms with Crippen LogP contribution in [0, 0.1) is 0 Å². The molecule has 0 atom stereocenters. The zero-order valence-electron chi connectivity index (χ0n) is 14.2. The lowest BCUT2D eigenvalue weighted by molar-refractivity contribution is -0.120. The molecule has 21 heavy (non-hydrogen) atoms. The smallest absolute Gasteiger partial charge is 0.219 e. The van der Waals surface area contributed by atoms with Crippen LogP contribution < -0.4 is 5.32 Å². The number of carbonyl (C=O) groups is 1. The van der Waals surface area contributed by atoms with E-state index in [9.17, 15) is 4.79 Å². The van der Waals surface area contributed by atoms with Crippen molar-refractivity contribution in [3.8, 4) is 0 Å². The number of thiol groups is 1. The molecule has 1 fully saturated rings. The summed E-state index contributed by atoms with van der Waals surface area (Å²) in [5.74, 6) is 1.29. The molecule has 1 heterocycles. The first-order valence-electron chi connectivity index (χ1n) is 9.18. The van der Waals surface area contributed by atoms with Crippen LogP contribution in [0.3, 0.4) is 0 Å². The second-order valence-electron chi connectivity index (χ2n) is 6.07. The van der Waals surface area contributed by atoms with E-state index in [2.05, 4.69) is 24.9 Å². The minimum absolute atomic E-state index is 0.225. The van der Waals surface area contributed by atoms with Crippen LogP contribution in [-0.4, -0.2) is 18.2 Å². The molecule has 0 saturated carbocycles. The first-order valence-corrected chi connectivity index (χ1v) is 9.82. The normalized spacial score (nSPS) is 14.9. The fourth-order valence-electron chi connectivity index (χ4n) is 2.50. The van der Waals surface area contributed by atoms with E-state index in [1.54, 1.807) is 0 Å². The number of unbranched alkanes of at least 4 members (excludes halogenated alkanes) is 9. The average Bonchev–Trinajstić information content (AvgIpc) is 2.74. The fourth-order valence-corrected chi connectivity index (χ4v) is 2.73. The summed E-state index contributed by atoms with van der Waals surface area (Å²) < 4.78 is 0. The molecular formula is C18H37NOS. The third-order valence-electron chi connectivity index (χ3n) is 3.91. The topological polar surface area (TPSA) is 29.1 Å². The summed E-state index contributed by atoms with van der Waals surface area (Å²) in [6, 6.07) is 0. The lowest BCUT2D eigenvalue weighted by Gasteiger charge is -2.00. The molecule has 0 aliphatic carbocycles. The second kappa shape index (κ2) is 17.9. The van der Waals surface area contributed by atoms with Gasteiger partial charge in [-0.3, -0.25) is 4.79 Å². The van der Waals surface area contributed by atoms with E-state index in [4.69, 9.17) is 0 Å². The van der Waals surface area contributed by atoms with Gasteiger partial charge in [0.1, 0.15) is 0 Å². The standard InChI is InChI=1S/C12H26S.C6H11NO/c1-2-3-4-5-6-7-8-9-10-11-12-13;8-6-4-2-1-3-5-7-6/h13H,2-12H2,1H3;1-5H2,(H,7,8). The van der Waals surface area contributed by atoms with Gasteiger partial charge in [0.15, 0.2) is 0 Å². The number of amides is 1. The Hall–Kier alpha value is -0.180. The van der Waals surface area contributed by atoms with E-state index in [-0.39, 0.29) is 5.91 Å². The maximum absolute atomic E-state index is 10.6. The zero-order valence-corrected chi connectivity index (χ0v) is 15.1. The Morgan fingerprint density at radius 3 is 2.00 bits per heavy atom. The molecule has 0 spiro atoms. The highest BCUT2D eigenvalue weighted by Gasteiger charge is 2.03. The minimum atomic E-state index is 0.225. The highest BCUT2D eigenvalue weighted by molar-refractivity contribution is 7.80. The lowest BCUT2D eigenvalue weighted by Crippen LogP contribution is -2.21. The van der Waals surface area contributed by atoms with Gasteiger partial charge in [0.05, 0.1) is 0 Å². The highest BCUT2D eigenvalue weighted by atomic mass is 32.1. The van der Waals surface area contributed by atoms with Crippen molar-refractivity contribution in [2.45, 2.75) is 96.8 Å². The molecule has 1 rings (SSSR count). The molecule has 0 aromatic carbocycles. The van der Waals surface area contributed by atoms with Gasteiger partial charge in [0.25, 0.3) is 0 Å². The summed E-state index contributed by atoms with van der Waals surface area (Å²) in [7, 11) is 0. The molecule has 1 aliphatic heterocycles. The lowest BCUT2D eigenvalue weighted by atomic mass is 10.1. The monoisotopic (exact) mass is 315 g/mol. The third kappa shape index (κ3) is 17.8. The van der Waals surface area contributed by atoms with Crippen molar-refractivity contribution in [2.75, 3.05) is 12.3 Å². The number of carbonyl (C=O) groups excluding carboxylic acids is 1. The van der Waals surface area contributed by atoms with Gasteiger partial charge < -0.3 is 5.32 Å². The van der Waals surface area contributed by atoms with E-state index in [0.717, 1.165) is 31.6 Å². The SMILES string of the molecule is CCCCCCCCCCCCS.O=C1CCCCCN1. The number of hydrogen-bond acceptors (Lipinski definition) is 2. The summed E-state index contributed by atoms with van der Waals surface area (Å²) >= 11 is 4.20. The molecule has 0 aromatic rings. The predicted octanol–water partition coefficient (Wildman–Crippen LogP) is 5.51. The first-order chi connectivity index (χ1) is 10.3. The predicted molar refractivity (Wildman–Crippen MR) is 97.2 cm³/mol. The van der Waals surface area contributed by atoms with Crippen LogP contribution in [0.1, 0.15) is 96.8 Å².